The first-order valence-corrected chi connectivity index (χ1v) is 7.41. The quantitative estimate of drug-likeness (QED) is 0.772. The van der Waals surface area contributed by atoms with Gasteiger partial charge in [0.25, 0.3) is 11.5 Å². The number of carbonyl (C=O) groups excluding carboxylic acids is 1. The molecule has 0 bridgehead atoms. The standard InChI is InChI=1S/C17H16N4O3/c1-24-11-10-21-15(22)8-7-14(20-21)17(23)19-13-6-2-4-12-5-3-9-18-16(12)13/h2-9H,10-11H2,1H3,(H,19,23). The third kappa shape index (κ3) is 3.31. The molecule has 1 aromatic carbocycles. The van der Waals surface area contributed by atoms with E-state index in [1.807, 2.05) is 24.3 Å². The second-order valence-electron chi connectivity index (χ2n) is 5.11. The molecule has 0 saturated carbocycles. The number of benzene rings is 1. The van der Waals surface area contributed by atoms with E-state index in [1.165, 1.54) is 23.9 Å². The fourth-order valence-electron chi connectivity index (χ4n) is 2.30. The van der Waals surface area contributed by atoms with Crippen LogP contribution in [0.25, 0.3) is 10.9 Å². The highest BCUT2D eigenvalue weighted by Crippen LogP contribution is 2.20. The smallest absolute Gasteiger partial charge is 0.276 e. The van der Waals surface area contributed by atoms with Crippen LogP contribution >= 0.6 is 0 Å². The summed E-state index contributed by atoms with van der Waals surface area (Å²) in [6, 6.07) is 12.0. The number of hydrogen-bond acceptors (Lipinski definition) is 5. The summed E-state index contributed by atoms with van der Waals surface area (Å²) >= 11 is 0. The highest BCUT2D eigenvalue weighted by Gasteiger charge is 2.12. The van der Waals surface area contributed by atoms with Gasteiger partial charge in [-0.1, -0.05) is 18.2 Å². The first-order valence-electron chi connectivity index (χ1n) is 7.41. The van der Waals surface area contributed by atoms with Crippen molar-refractivity contribution < 1.29 is 9.53 Å². The number of anilines is 1. The molecule has 0 fully saturated rings. The summed E-state index contributed by atoms with van der Waals surface area (Å²) in [7, 11) is 1.54. The monoisotopic (exact) mass is 324 g/mol. The molecule has 122 valence electrons. The molecule has 0 spiro atoms. The van der Waals surface area contributed by atoms with Crippen LogP contribution in [-0.2, 0) is 11.3 Å². The second kappa shape index (κ2) is 7.01. The van der Waals surface area contributed by atoms with Crippen molar-refractivity contribution in [2.45, 2.75) is 6.54 Å². The van der Waals surface area contributed by atoms with Gasteiger partial charge in [0.05, 0.1) is 24.4 Å². The van der Waals surface area contributed by atoms with Crippen molar-refractivity contribution in [1.29, 1.82) is 0 Å². The molecule has 2 aromatic heterocycles. The minimum Gasteiger partial charge on any atom is -0.383 e. The van der Waals surface area contributed by atoms with Crippen molar-refractivity contribution in [1.82, 2.24) is 14.8 Å². The molecule has 1 amide bonds. The number of hydrogen-bond donors (Lipinski definition) is 1. The number of carbonyl (C=O) groups is 1. The topological polar surface area (TPSA) is 86.1 Å². The Morgan fingerprint density at radius 2 is 2.04 bits per heavy atom. The summed E-state index contributed by atoms with van der Waals surface area (Å²) in [6.07, 6.45) is 1.67. The van der Waals surface area contributed by atoms with Crippen molar-refractivity contribution in [3.63, 3.8) is 0 Å². The molecule has 24 heavy (non-hydrogen) atoms. The Kier molecular flexibility index (Phi) is 4.62. The summed E-state index contributed by atoms with van der Waals surface area (Å²) in [5.41, 5.74) is 1.16. The van der Waals surface area contributed by atoms with Crippen LogP contribution in [0.15, 0.2) is 53.5 Å². The number of ether oxygens (including phenoxy) is 1. The molecule has 3 rings (SSSR count). The second-order valence-corrected chi connectivity index (χ2v) is 5.11. The third-order valence-electron chi connectivity index (χ3n) is 3.49. The van der Waals surface area contributed by atoms with E-state index in [9.17, 15) is 9.59 Å². The lowest BCUT2D eigenvalue weighted by Crippen LogP contribution is -2.27. The van der Waals surface area contributed by atoms with Gasteiger partial charge in [-0.15, -0.1) is 0 Å². The normalized spacial score (nSPS) is 10.7. The van der Waals surface area contributed by atoms with E-state index in [0.29, 0.717) is 17.8 Å². The molecular weight excluding hydrogens is 308 g/mol. The van der Waals surface area contributed by atoms with Gasteiger partial charge in [-0.05, 0) is 18.2 Å². The van der Waals surface area contributed by atoms with Crippen molar-refractivity contribution in [3.8, 4) is 0 Å². The maximum absolute atomic E-state index is 12.4. The summed E-state index contributed by atoms with van der Waals surface area (Å²) < 4.78 is 6.14. The molecule has 0 aliphatic heterocycles. The zero-order valence-corrected chi connectivity index (χ0v) is 13.1. The molecule has 0 saturated heterocycles. The van der Waals surface area contributed by atoms with Crippen LogP contribution in [0.1, 0.15) is 10.5 Å². The molecule has 3 aromatic rings. The summed E-state index contributed by atoms with van der Waals surface area (Å²) in [5, 5.41) is 7.80. The van der Waals surface area contributed by atoms with E-state index in [-0.39, 0.29) is 17.8 Å². The van der Waals surface area contributed by atoms with E-state index in [0.717, 1.165) is 5.39 Å². The number of aromatic nitrogens is 3. The van der Waals surface area contributed by atoms with Crippen LogP contribution in [-0.4, -0.2) is 34.4 Å². The average Bonchev–Trinajstić information content (AvgIpc) is 2.61. The summed E-state index contributed by atoms with van der Waals surface area (Å²) in [4.78, 5) is 28.5. The molecule has 1 N–H and O–H groups in total. The molecule has 0 radical (unpaired) electrons. The van der Waals surface area contributed by atoms with Gasteiger partial charge in [0.15, 0.2) is 0 Å². The number of methoxy groups -OCH3 is 1. The minimum absolute atomic E-state index is 0.152. The van der Waals surface area contributed by atoms with Gasteiger partial charge >= 0.3 is 0 Å². The lowest BCUT2D eigenvalue weighted by molar-refractivity contribution is 0.101. The highest BCUT2D eigenvalue weighted by atomic mass is 16.5. The number of fused-ring (bicyclic) bond motifs is 1. The zero-order chi connectivity index (χ0) is 16.9. The predicted molar refractivity (Wildman–Crippen MR) is 90.1 cm³/mol. The molecular formula is C17H16N4O3. The maximum atomic E-state index is 12.4. The number of rotatable bonds is 5. The maximum Gasteiger partial charge on any atom is 0.276 e. The summed E-state index contributed by atoms with van der Waals surface area (Å²) in [5.74, 6) is -0.403. The van der Waals surface area contributed by atoms with Gasteiger partial charge < -0.3 is 10.1 Å². The average molecular weight is 324 g/mol. The SMILES string of the molecule is COCCn1nc(C(=O)Nc2cccc3cccnc23)ccc1=O. The number of para-hydroxylation sites is 1. The van der Waals surface area contributed by atoms with Crippen molar-refractivity contribution in [2.75, 3.05) is 19.0 Å². The highest BCUT2D eigenvalue weighted by molar-refractivity contribution is 6.07. The van der Waals surface area contributed by atoms with Gasteiger partial charge in [0.2, 0.25) is 0 Å². The Morgan fingerprint density at radius 1 is 1.21 bits per heavy atom. The first-order chi connectivity index (χ1) is 11.7. The molecule has 7 heteroatoms. The molecule has 7 nitrogen and oxygen atoms in total. The lowest BCUT2D eigenvalue weighted by Gasteiger charge is -2.09. The number of nitrogens with zero attached hydrogens (tertiary/aromatic N) is 3. The van der Waals surface area contributed by atoms with Crippen LogP contribution in [0.5, 0.6) is 0 Å². The number of pyridine rings is 1. The fourth-order valence-corrected chi connectivity index (χ4v) is 2.30. The predicted octanol–water partition coefficient (Wildman–Crippen LogP) is 1.69. The minimum atomic E-state index is -0.403. The molecule has 0 aliphatic rings. The molecule has 0 unspecified atom stereocenters. The van der Waals surface area contributed by atoms with Gasteiger partial charge in [-0.25, -0.2) is 4.68 Å². The van der Waals surface area contributed by atoms with Crippen LogP contribution < -0.4 is 10.9 Å². The van der Waals surface area contributed by atoms with E-state index in [4.69, 9.17) is 4.74 Å². The van der Waals surface area contributed by atoms with E-state index in [1.54, 1.807) is 12.3 Å². The Hall–Kier alpha value is -3.06. The fraction of sp³-hybridized carbons (Fsp3) is 0.176. The van der Waals surface area contributed by atoms with E-state index in [2.05, 4.69) is 15.4 Å². The Balaban J connectivity index is 1.88. The van der Waals surface area contributed by atoms with Crippen molar-refractivity contribution in [3.05, 3.63) is 64.7 Å². The lowest BCUT2D eigenvalue weighted by atomic mass is 10.2. The first kappa shape index (κ1) is 15.8. The largest absolute Gasteiger partial charge is 0.383 e. The van der Waals surface area contributed by atoms with Crippen LogP contribution in [0.2, 0.25) is 0 Å². The van der Waals surface area contributed by atoms with Gasteiger partial charge in [0, 0.05) is 24.8 Å². The van der Waals surface area contributed by atoms with E-state index < -0.39 is 5.91 Å². The van der Waals surface area contributed by atoms with Crippen LogP contribution in [0, 0.1) is 0 Å². The van der Waals surface area contributed by atoms with Gasteiger partial charge in [-0.3, -0.25) is 14.6 Å². The number of nitrogens with one attached hydrogen (secondary N) is 1. The molecule has 2 heterocycles. The summed E-state index contributed by atoms with van der Waals surface area (Å²) in [6.45, 7) is 0.623. The number of amides is 1. The third-order valence-corrected chi connectivity index (χ3v) is 3.49. The Bertz CT molecular complexity index is 931. The zero-order valence-electron chi connectivity index (χ0n) is 13.1. The van der Waals surface area contributed by atoms with Crippen molar-refractivity contribution >= 4 is 22.5 Å². The van der Waals surface area contributed by atoms with Gasteiger partial charge in [0.1, 0.15) is 5.69 Å². The Morgan fingerprint density at radius 3 is 2.88 bits per heavy atom. The molecule has 0 aliphatic carbocycles. The van der Waals surface area contributed by atoms with Crippen LogP contribution in [0.3, 0.4) is 0 Å². The Labute approximate surface area is 137 Å². The van der Waals surface area contributed by atoms with Gasteiger partial charge in [-0.2, -0.15) is 5.10 Å². The van der Waals surface area contributed by atoms with Crippen LogP contribution in [0.4, 0.5) is 5.69 Å². The molecule has 0 atom stereocenters. The van der Waals surface area contributed by atoms with Crippen molar-refractivity contribution in [2.24, 2.45) is 0 Å². The van der Waals surface area contributed by atoms with E-state index >= 15 is 0 Å².